The molecule has 118 valence electrons. The molecule has 0 saturated heterocycles. The quantitative estimate of drug-likeness (QED) is 0.892. The molecule has 1 aromatic carbocycles. The lowest BCUT2D eigenvalue weighted by Crippen LogP contribution is -2.24. The van der Waals surface area contributed by atoms with E-state index in [0.29, 0.717) is 17.9 Å². The molecule has 2 N–H and O–H groups in total. The highest BCUT2D eigenvalue weighted by Crippen LogP contribution is 2.28. The van der Waals surface area contributed by atoms with Crippen LogP contribution < -0.4 is 10.6 Å². The second-order valence-corrected chi connectivity index (χ2v) is 5.86. The Morgan fingerprint density at radius 2 is 1.91 bits per heavy atom. The summed E-state index contributed by atoms with van der Waals surface area (Å²) in [6.45, 7) is 2.44. The molecule has 0 bridgehead atoms. The van der Waals surface area contributed by atoms with Gasteiger partial charge in [-0.15, -0.1) is 0 Å². The van der Waals surface area contributed by atoms with E-state index in [-0.39, 0.29) is 17.7 Å². The molecule has 1 saturated carbocycles. The average molecular weight is 309 g/mol. The first-order chi connectivity index (χ1) is 11.1. The fourth-order valence-corrected chi connectivity index (χ4v) is 2.25. The molecule has 23 heavy (non-hydrogen) atoms. The van der Waals surface area contributed by atoms with Gasteiger partial charge in [0.15, 0.2) is 0 Å². The second kappa shape index (κ2) is 6.60. The van der Waals surface area contributed by atoms with E-state index >= 15 is 0 Å². The molecule has 5 nitrogen and oxygen atoms in total. The smallest absolute Gasteiger partial charge is 0.256 e. The zero-order valence-electron chi connectivity index (χ0n) is 13.0. The predicted molar refractivity (Wildman–Crippen MR) is 87.9 cm³/mol. The Bertz CT molecular complexity index is 721. The van der Waals surface area contributed by atoms with Gasteiger partial charge in [0.05, 0.1) is 0 Å². The standard InChI is InChI=1S/C18H19N3O2/c1-12-8-9-19-16(10-12)21-18(23)15-4-2-13(3-5-15)11-20-17(22)14-6-7-14/h2-5,8-10,14H,6-7,11H2,1H3,(H,20,22)(H,19,21,23). The summed E-state index contributed by atoms with van der Waals surface area (Å²) in [5.74, 6) is 0.673. The minimum absolute atomic E-state index is 0.123. The van der Waals surface area contributed by atoms with Crippen LogP contribution in [0.25, 0.3) is 0 Å². The van der Waals surface area contributed by atoms with Gasteiger partial charge < -0.3 is 10.6 Å². The average Bonchev–Trinajstić information content (AvgIpc) is 3.38. The normalized spacial score (nSPS) is 13.4. The summed E-state index contributed by atoms with van der Waals surface area (Å²) in [5.41, 5.74) is 2.58. The molecular weight excluding hydrogens is 290 g/mol. The highest BCUT2D eigenvalue weighted by Gasteiger charge is 2.29. The van der Waals surface area contributed by atoms with E-state index in [1.54, 1.807) is 18.3 Å². The monoisotopic (exact) mass is 309 g/mol. The number of rotatable bonds is 5. The van der Waals surface area contributed by atoms with E-state index in [1.165, 1.54) is 0 Å². The molecule has 1 aliphatic rings. The number of amides is 2. The van der Waals surface area contributed by atoms with Gasteiger partial charge >= 0.3 is 0 Å². The van der Waals surface area contributed by atoms with E-state index in [4.69, 9.17) is 0 Å². The molecule has 2 aromatic rings. The van der Waals surface area contributed by atoms with Crippen LogP contribution in [0.3, 0.4) is 0 Å². The van der Waals surface area contributed by atoms with Crippen molar-refractivity contribution >= 4 is 17.6 Å². The van der Waals surface area contributed by atoms with Crippen molar-refractivity contribution in [2.75, 3.05) is 5.32 Å². The molecule has 3 rings (SSSR count). The lowest BCUT2D eigenvalue weighted by atomic mass is 10.1. The Kier molecular flexibility index (Phi) is 4.37. The molecule has 1 fully saturated rings. The van der Waals surface area contributed by atoms with Crippen molar-refractivity contribution in [2.24, 2.45) is 5.92 Å². The van der Waals surface area contributed by atoms with Crippen LogP contribution in [-0.2, 0) is 11.3 Å². The zero-order chi connectivity index (χ0) is 16.2. The summed E-state index contributed by atoms with van der Waals surface area (Å²) in [6, 6.07) is 10.9. The van der Waals surface area contributed by atoms with E-state index in [9.17, 15) is 9.59 Å². The molecule has 0 unspecified atom stereocenters. The van der Waals surface area contributed by atoms with Crippen LogP contribution in [0.4, 0.5) is 5.82 Å². The maximum atomic E-state index is 12.2. The number of nitrogens with zero attached hydrogens (tertiary/aromatic N) is 1. The third kappa shape index (κ3) is 4.16. The first-order valence-electron chi connectivity index (χ1n) is 7.72. The van der Waals surface area contributed by atoms with Crippen LogP contribution >= 0.6 is 0 Å². The van der Waals surface area contributed by atoms with Crippen molar-refractivity contribution in [2.45, 2.75) is 26.3 Å². The van der Waals surface area contributed by atoms with Crippen LogP contribution in [0.1, 0.15) is 34.3 Å². The largest absolute Gasteiger partial charge is 0.352 e. The third-order valence-corrected chi connectivity index (χ3v) is 3.79. The number of nitrogens with one attached hydrogen (secondary N) is 2. The number of aryl methyl sites for hydroxylation is 1. The molecule has 2 amide bonds. The molecule has 0 spiro atoms. The summed E-state index contributed by atoms with van der Waals surface area (Å²) < 4.78 is 0. The van der Waals surface area contributed by atoms with Crippen molar-refractivity contribution in [3.63, 3.8) is 0 Å². The van der Waals surface area contributed by atoms with Crippen LogP contribution in [0.2, 0.25) is 0 Å². The highest BCUT2D eigenvalue weighted by atomic mass is 16.2. The summed E-state index contributed by atoms with van der Waals surface area (Å²) in [5, 5.41) is 5.68. The summed E-state index contributed by atoms with van der Waals surface area (Å²) in [7, 11) is 0. The molecule has 1 heterocycles. The van der Waals surface area contributed by atoms with Crippen LogP contribution in [-0.4, -0.2) is 16.8 Å². The van der Waals surface area contributed by atoms with E-state index in [0.717, 1.165) is 24.0 Å². The third-order valence-electron chi connectivity index (χ3n) is 3.79. The fourth-order valence-electron chi connectivity index (χ4n) is 2.25. The maximum Gasteiger partial charge on any atom is 0.256 e. The number of pyridine rings is 1. The minimum atomic E-state index is -0.198. The molecule has 0 atom stereocenters. The van der Waals surface area contributed by atoms with Gasteiger partial charge in [0.1, 0.15) is 5.82 Å². The van der Waals surface area contributed by atoms with Gasteiger partial charge in [0, 0.05) is 24.2 Å². The SMILES string of the molecule is Cc1ccnc(NC(=O)c2ccc(CNC(=O)C3CC3)cc2)c1. The molecule has 1 aromatic heterocycles. The lowest BCUT2D eigenvalue weighted by molar-refractivity contribution is -0.122. The Morgan fingerprint density at radius 1 is 1.17 bits per heavy atom. The highest BCUT2D eigenvalue weighted by molar-refractivity contribution is 6.03. The van der Waals surface area contributed by atoms with Crippen molar-refractivity contribution < 1.29 is 9.59 Å². The summed E-state index contributed by atoms with van der Waals surface area (Å²) in [6.07, 6.45) is 3.66. The van der Waals surface area contributed by atoms with E-state index < -0.39 is 0 Å². The number of benzene rings is 1. The van der Waals surface area contributed by atoms with Gasteiger partial charge in [-0.25, -0.2) is 4.98 Å². The summed E-state index contributed by atoms with van der Waals surface area (Å²) in [4.78, 5) is 27.9. The van der Waals surface area contributed by atoms with Crippen molar-refractivity contribution in [3.8, 4) is 0 Å². The topological polar surface area (TPSA) is 71.1 Å². The molecular formula is C18H19N3O2. The van der Waals surface area contributed by atoms with Gasteiger partial charge in [-0.05, 0) is 55.2 Å². The van der Waals surface area contributed by atoms with E-state index in [2.05, 4.69) is 15.6 Å². The Hall–Kier alpha value is -2.69. The van der Waals surface area contributed by atoms with Gasteiger partial charge in [-0.2, -0.15) is 0 Å². The molecule has 5 heteroatoms. The predicted octanol–water partition coefficient (Wildman–Crippen LogP) is 2.67. The van der Waals surface area contributed by atoms with Gasteiger partial charge in [0.2, 0.25) is 5.91 Å². The van der Waals surface area contributed by atoms with E-state index in [1.807, 2.05) is 31.2 Å². The number of hydrogen-bond acceptors (Lipinski definition) is 3. The Labute approximate surface area is 135 Å². The second-order valence-electron chi connectivity index (χ2n) is 5.86. The van der Waals surface area contributed by atoms with Gasteiger partial charge in [-0.1, -0.05) is 12.1 Å². The van der Waals surface area contributed by atoms with Crippen LogP contribution in [0, 0.1) is 12.8 Å². The van der Waals surface area contributed by atoms with Gasteiger partial charge in [0.25, 0.3) is 5.91 Å². The number of carbonyl (C=O) groups is 2. The number of anilines is 1. The summed E-state index contributed by atoms with van der Waals surface area (Å²) >= 11 is 0. The maximum absolute atomic E-state index is 12.2. The number of aromatic nitrogens is 1. The molecule has 0 radical (unpaired) electrons. The number of carbonyl (C=O) groups excluding carboxylic acids is 2. The van der Waals surface area contributed by atoms with Crippen LogP contribution in [0.5, 0.6) is 0 Å². The molecule has 1 aliphatic carbocycles. The van der Waals surface area contributed by atoms with Crippen molar-refractivity contribution in [1.82, 2.24) is 10.3 Å². The zero-order valence-corrected chi connectivity index (χ0v) is 13.0. The van der Waals surface area contributed by atoms with Crippen molar-refractivity contribution in [3.05, 3.63) is 59.3 Å². The molecule has 0 aliphatic heterocycles. The Morgan fingerprint density at radius 3 is 2.57 bits per heavy atom. The fraction of sp³-hybridized carbons (Fsp3) is 0.278. The first-order valence-corrected chi connectivity index (χ1v) is 7.72. The first kappa shape index (κ1) is 15.2. The minimum Gasteiger partial charge on any atom is -0.352 e. The van der Waals surface area contributed by atoms with Crippen LogP contribution in [0.15, 0.2) is 42.6 Å². The number of hydrogen-bond donors (Lipinski definition) is 2. The Balaban J connectivity index is 1.57. The van der Waals surface area contributed by atoms with Gasteiger partial charge in [-0.3, -0.25) is 9.59 Å². The lowest BCUT2D eigenvalue weighted by Gasteiger charge is -2.07. The van der Waals surface area contributed by atoms with Crippen molar-refractivity contribution in [1.29, 1.82) is 0 Å².